The summed E-state index contributed by atoms with van der Waals surface area (Å²) in [6.07, 6.45) is 0. The molecule has 0 saturated carbocycles. The van der Waals surface area contributed by atoms with E-state index >= 15 is 0 Å². The highest BCUT2D eigenvalue weighted by Gasteiger charge is 2.51. The number of benzene rings is 10. The Labute approximate surface area is 525 Å². The minimum Gasteiger partial charge on any atom is -0.456 e. The van der Waals surface area contributed by atoms with Gasteiger partial charge in [-0.25, -0.2) is 29.9 Å². The molecule has 0 radical (unpaired) electrons. The molecule has 14 heteroatoms. The van der Waals surface area contributed by atoms with Crippen LogP contribution < -0.4 is 5.46 Å². The maximum absolute atomic E-state index is 8.71. The summed E-state index contributed by atoms with van der Waals surface area (Å²) >= 11 is 6.24. The quantitative estimate of drug-likeness (QED) is 0.140. The predicted octanol–water partition coefficient (Wildman–Crippen LogP) is 19.6. The molecule has 0 spiro atoms. The zero-order valence-corrected chi connectivity index (χ0v) is 46.9. The van der Waals surface area contributed by atoms with Crippen LogP contribution in [0.1, 0.15) is 56.3 Å². The van der Waals surface area contributed by atoms with Gasteiger partial charge in [0.15, 0.2) is 34.9 Å². The molecule has 88 heavy (non-hydrogen) atoms. The molecule has 1 aliphatic rings. The molecule has 0 N–H and O–H groups in total. The predicted molar refractivity (Wildman–Crippen MR) is 356 cm³/mol. The Morgan fingerprint density at radius 2 is 0.750 bits per heavy atom. The molecule has 12 nitrogen and oxygen atoms in total. The third-order valence-corrected chi connectivity index (χ3v) is 16.2. The highest BCUT2D eigenvalue weighted by molar-refractivity contribution is 6.62. The number of aromatic nitrogens is 6. The first kappa shape index (κ1) is 45.1. The summed E-state index contributed by atoms with van der Waals surface area (Å²) in [5.74, 6) is 0.868. The first-order chi connectivity index (χ1) is 46.1. The van der Waals surface area contributed by atoms with Crippen molar-refractivity contribution in [1.82, 2.24) is 29.9 Å². The summed E-state index contributed by atoms with van der Waals surface area (Å²) in [7, 11) is -0.529. The summed E-state index contributed by atoms with van der Waals surface area (Å²) in [6, 6.07) is 44.4. The Morgan fingerprint density at radius 1 is 0.352 bits per heavy atom. The zero-order chi connectivity index (χ0) is 66.5. The molecule has 17 rings (SSSR count). The van der Waals surface area contributed by atoms with E-state index < -0.39 is 78.7 Å². The van der Waals surface area contributed by atoms with Gasteiger partial charge in [-0.2, -0.15) is 0 Å². The van der Waals surface area contributed by atoms with Crippen molar-refractivity contribution in [2.24, 2.45) is 0 Å². The maximum atomic E-state index is 8.71. The van der Waals surface area contributed by atoms with E-state index in [1.807, 2.05) is 179 Å². The van der Waals surface area contributed by atoms with Crippen LogP contribution in [0.2, 0.25) is 5.02 Å². The second-order valence-corrected chi connectivity index (χ2v) is 22.2. The second-order valence-electron chi connectivity index (χ2n) is 21.8. The number of fused-ring (bicyclic) bond motifs is 12. The monoisotopic (exact) mass is 1180 g/mol. The van der Waals surface area contributed by atoms with Crippen LogP contribution in [0.5, 0.6) is 0 Å². The highest BCUT2D eigenvalue weighted by atomic mass is 35.5. The molecule has 428 valence electrons. The molecule has 0 bridgehead atoms. The lowest BCUT2D eigenvalue weighted by atomic mass is 9.78. The van der Waals surface area contributed by atoms with Gasteiger partial charge in [-0.15, -0.1) is 0 Å². The van der Waals surface area contributed by atoms with Crippen molar-refractivity contribution in [3.8, 4) is 68.3 Å². The average Bonchev–Trinajstić information content (AvgIpc) is 1.40. The van der Waals surface area contributed by atoms with Crippen molar-refractivity contribution < 1.29 is 40.7 Å². The van der Waals surface area contributed by atoms with Crippen molar-refractivity contribution >= 4 is 112 Å². The van der Waals surface area contributed by atoms with Gasteiger partial charge >= 0.3 is 7.12 Å². The fourth-order valence-corrected chi connectivity index (χ4v) is 11.2. The first-order valence-electron chi connectivity index (χ1n) is 32.5. The van der Waals surface area contributed by atoms with Gasteiger partial charge in [0.2, 0.25) is 0 Å². The van der Waals surface area contributed by atoms with Crippen molar-refractivity contribution in [3.05, 3.63) is 223 Å². The van der Waals surface area contributed by atoms with Crippen LogP contribution in [0.25, 0.3) is 156 Å². The van der Waals surface area contributed by atoms with Crippen LogP contribution >= 0.6 is 11.6 Å². The fourth-order valence-electron chi connectivity index (χ4n) is 11.1. The van der Waals surface area contributed by atoms with Gasteiger partial charge in [0.1, 0.15) is 44.7 Å². The average molecular weight is 1180 g/mol. The number of rotatable bonds is 7. The minimum absolute atomic E-state index is 0. The van der Waals surface area contributed by atoms with E-state index in [1.165, 1.54) is 0 Å². The maximum Gasteiger partial charge on any atom is 0.494 e. The van der Waals surface area contributed by atoms with Crippen molar-refractivity contribution in [3.63, 3.8) is 0 Å². The third kappa shape index (κ3) is 9.51. The summed E-state index contributed by atoms with van der Waals surface area (Å²) in [5, 5.41) is 7.39. The molecular weight excluding hydrogens is 1120 g/mol. The normalized spacial score (nSPS) is 15.2. The number of furan rings is 4. The SMILES string of the molecule is C.C.[2H]c1c([2H])c([2H])c(-c2nc(-c3ccc4c(c3)oc3ccc(B5OC(C)(C)C(C)(C)O5)cc34)nc(-c3cccc4oc5ccccc5c34)n2)c([2H])c1[2H].[2H]c1c([2H])c([2H])c(-c2nc(-c3ccc4c(c3)oc3ccc(Cl)cc34)nc(-c3cccc4oc5ccccc5c34)n2)c([2H])c1[2H]. The Bertz CT molecular complexity index is 5940. The van der Waals surface area contributed by atoms with Crippen LogP contribution in [-0.4, -0.2) is 48.2 Å². The summed E-state index contributed by atoms with van der Waals surface area (Å²) in [6.45, 7) is 8.09. The van der Waals surface area contributed by atoms with Crippen LogP contribution in [0.3, 0.4) is 0 Å². The number of hydrogen-bond acceptors (Lipinski definition) is 12. The van der Waals surface area contributed by atoms with Gasteiger partial charge in [0.25, 0.3) is 0 Å². The van der Waals surface area contributed by atoms with Crippen LogP contribution in [0, 0.1) is 0 Å². The number of para-hydroxylation sites is 2. The van der Waals surface area contributed by atoms with Gasteiger partial charge in [-0.3, -0.25) is 0 Å². The zero-order valence-electron chi connectivity index (χ0n) is 56.1. The summed E-state index contributed by atoms with van der Waals surface area (Å²) < 4.78 is 121. The lowest BCUT2D eigenvalue weighted by Crippen LogP contribution is -2.41. The van der Waals surface area contributed by atoms with Crippen LogP contribution in [0.15, 0.2) is 236 Å². The van der Waals surface area contributed by atoms with E-state index in [-0.39, 0.29) is 60.9 Å². The van der Waals surface area contributed by atoms with E-state index in [0.29, 0.717) is 71.9 Å². The fraction of sp³-hybridized carbons (Fsp3) is 0.108. The number of halogens is 1. The third-order valence-electron chi connectivity index (χ3n) is 16.0. The molecule has 0 unspecified atom stereocenters. The smallest absolute Gasteiger partial charge is 0.456 e. The van der Waals surface area contributed by atoms with E-state index in [4.69, 9.17) is 77.2 Å². The van der Waals surface area contributed by atoms with E-state index in [9.17, 15) is 0 Å². The van der Waals surface area contributed by atoms with Crippen molar-refractivity contribution in [2.45, 2.75) is 53.8 Å². The van der Waals surface area contributed by atoms with E-state index in [0.717, 1.165) is 48.6 Å². The standard InChI is InChI=1S/C39H30BN3O4.C33H18ClN3O2.2CH4/c1-38(2)39(3,4)47-40(46-38)25-18-20-31-29(22-25)26-19-17-24(21-33(26)45-31)36-41-35(23-11-6-5-7-12-23)42-37(43-36)28-14-10-16-32-34(28)27-13-8-9-15-30(27)44-32;34-21-14-16-27-25(18-21)22-15-13-20(17-29(22)39-27)32-35-31(19-7-2-1-3-8-19)36-33(37-32)24-10-6-12-28-30(24)23-9-4-5-11-26(23)38-28;;/h5-22H,1-4H3;1-18H;2*1H4/i5D,6D,7D,11D,12D;1D,2D,3D,7D,8D;;. The summed E-state index contributed by atoms with van der Waals surface area (Å²) in [4.78, 5) is 28.6. The van der Waals surface area contributed by atoms with Gasteiger partial charge in [0, 0.05) is 81.5 Å². The minimum atomic E-state index is -0.529. The number of nitrogens with zero attached hydrogens (tertiary/aromatic N) is 6. The Balaban J connectivity index is 0.000000166. The van der Waals surface area contributed by atoms with E-state index in [1.54, 1.807) is 6.07 Å². The lowest BCUT2D eigenvalue weighted by Gasteiger charge is -2.32. The molecule has 10 aromatic carbocycles. The molecule has 1 saturated heterocycles. The largest absolute Gasteiger partial charge is 0.494 e. The van der Waals surface area contributed by atoms with Crippen molar-refractivity contribution in [1.29, 1.82) is 0 Å². The van der Waals surface area contributed by atoms with Gasteiger partial charge in [0.05, 0.1) is 24.9 Å². The topological polar surface area (TPSA) is 148 Å². The van der Waals surface area contributed by atoms with Gasteiger partial charge in [-0.1, -0.05) is 172 Å². The Morgan fingerprint density at radius 3 is 1.24 bits per heavy atom. The second kappa shape index (κ2) is 21.6. The molecule has 1 aliphatic heterocycles. The lowest BCUT2D eigenvalue weighted by molar-refractivity contribution is 0.00578. The Hall–Kier alpha value is -10.3. The first-order valence-corrected chi connectivity index (χ1v) is 27.9. The molecule has 0 atom stereocenters. The molecule has 0 aliphatic carbocycles. The van der Waals surface area contributed by atoms with Crippen molar-refractivity contribution in [2.75, 3.05) is 0 Å². The van der Waals surface area contributed by atoms with Crippen LogP contribution in [0.4, 0.5) is 0 Å². The molecule has 16 aromatic rings. The van der Waals surface area contributed by atoms with Gasteiger partial charge in [-0.05, 0) is 106 Å². The highest BCUT2D eigenvalue weighted by Crippen LogP contribution is 2.42. The molecule has 6 aromatic heterocycles. The summed E-state index contributed by atoms with van der Waals surface area (Å²) in [5.41, 5.74) is 7.33. The van der Waals surface area contributed by atoms with E-state index in [2.05, 4.69) is 4.98 Å². The van der Waals surface area contributed by atoms with Crippen LogP contribution in [-0.2, 0) is 9.31 Å². The number of hydrogen-bond donors (Lipinski definition) is 0. The molecule has 0 amide bonds. The molecule has 1 fully saturated rings. The Kier molecular flexibility index (Phi) is 11.1. The molecular formula is C74H56BClN6O6. The molecule has 7 heterocycles. The van der Waals surface area contributed by atoms with Gasteiger partial charge < -0.3 is 27.0 Å².